The molecule has 6 heteroatoms. The summed E-state index contributed by atoms with van der Waals surface area (Å²) in [7, 11) is 0. The highest BCUT2D eigenvalue weighted by Gasteiger charge is 2.21. The molecule has 1 fully saturated rings. The van der Waals surface area contributed by atoms with Gasteiger partial charge < -0.3 is 15.5 Å². The Morgan fingerprint density at radius 1 is 1.19 bits per heavy atom. The number of benzene rings is 1. The van der Waals surface area contributed by atoms with Crippen molar-refractivity contribution in [1.29, 1.82) is 0 Å². The molecule has 2 N–H and O–H groups in total. The molecule has 1 aromatic rings. The molecule has 0 aromatic heterocycles. The molecular weight excluding hydrogens is 330 g/mol. The Morgan fingerprint density at radius 2 is 1.92 bits per heavy atom. The average molecular weight is 359 g/mol. The molecule has 2 rings (SSSR count). The lowest BCUT2D eigenvalue weighted by Crippen LogP contribution is -2.40. The Bertz CT molecular complexity index is 628. The molecule has 1 unspecified atom stereocenters. The van der Waals surface area contributed by atoms with Crippen LogP contribution in [0.25, 0.3) is 0 Å². The predicted octanol–water partition coefficient (Wildman–Crippen LogP) is 2.63. The second-order valence-corrected chi connectivity index (χ2v) is 6.84. The molecule has 0 spiro atoms. The van der Waals surface area contributed by atoms with Crippen molar-refractivity contribution >= 4 is 23.4 Å². The molecule has 26 heavy (non-hydrogen) atoms. The van der Waals surface area contributed by atoms with Crippen LogP contribution >= 0.6 is 0 Å². The molecule has 1 atom stereocenters. The summed E-state index contributed by atoms with van der Waals surface area (Å²) in [5, 5.41) is 5.54. The first kappa shape index (κ1) is 19.9. The van der Waals surface area contributed by atoms with E-state index in [-0.39, 0.29) is 30.3 Å². The summed E-state index contributed by atoms with van der Waals surface area (Å²) in [5.74, 6) is -0.355. The minimum Gasteiger partial charge on any atom is -0.352 e. The monoisotopic (exact) mass is 359 g/mol. The summed E-state index contributed by atoms with van der Waals surface area (Å²) in [6.45, 7) is 4.81. The fourth-order valence-corrected chi connectivity index (χ4v) is 3.08. The van der Waals surface area contributed by atoms with Crippen molar-refractivity contribution in [3.8, 4) is 0 Å². The number of unbranched alkanes of at least 4 members (excludes halogenated alkanes) is 2. The zero-order valence-corrected chi connectivity index (χ0v) is 15.7. The first-order chi connectivity index (χ1) is 12.5. The van der Waals surface area contributed by atoms with E-state index < -0.39 is 0 Å². The molecule has 0 radical (unpaired) electrons. The second-order valence-electron chi connectivity index (χ2n) is 6.84. The van der Waals surface area contributed by atoms with E-state index in [1.807, 2.05) is 6.92 Å². The lowest BCUT2D eigenvalue weighted by molar-refractivity contribution is -0.120. The minimum atomic E-state index is -0.293. The van der Waals surface area contributed by atoms with Gasteiger partial charge >= 0.3 is 0 Å². The Morgan fingerprint density at radius 3 is 2.54 bits per heavy atom. The van der Waals surface area contributed by atoms with E-state index in [0.717, 1.165) is 44.3 Å². The average Bonchev–Trinajstić information content (AvgIpc) is 3.06. The summed E-state index contributed by atoms with van der Waals surface area (Å²) >= 11 is 0. The molecule has 0 saturated carbocycles. The van der Waals surface area contributed by atoms with Gasteiger partial charge in [0.15, 0.2) is 0 Å². The highest BCUT2D eigenvalue weighted by molar-refractivity contribution is 5.98. The smallest absolute Gasteiger partial charge is 0.251 e. The van der Waals surface area contributed by atoms with Gasteiger partial charge in [-0.1, -0.05) is 26.2 Å². The first-order valence-corrected chi connectivity index (χ1v) is 9.49. The Balaban J connectivity index is 1.77. The van der Waals surface area contributed by atoms with Crippen LogP contribution in [-0.4, -0.2) is 36.9 Å². The molecule has 142 valence electrons. The van der Waals surface area contributed by atoms with Crippen LogP contribution in [0.15, 0.2) is 24.3 Å². The lowest BCUT2D eigenvalue weighted by Gasteiger charge is -2.16. The van der Waals surface area contributed by atoms with Crippen LogP contribution in [0.4, 0.5) is 5.69 Å². The van der Waals surface area contributed by atoms with Crippen molar-refractivity contribution in [2.24, 2.45) is 0 Å². The SMILES string of the molecule is CCCCCC(C)NC(=O)CNC(=O)c1ccc(N2CCCC2=O)cc1. The third-order valence-electron chi connectivity index (χ3n) is 4.57. The highest BCUT2D eigenvalue weighted by atomic mass is 16.2. The van der Waals surface area contributed by atoms with Gasteiger partial charge in [-0.2, -0.15) is 0 Å². The standard InChI is InChI=1S/C20H29N3O3/c1-3-4-5-7-15(2)22-18(24)14-21-20(26)16-9-11-17(12-10-16)23-13-6-8-19(23)25/h9-12,15H,3-8,13-14H2,1-2H3,(H,21,26)(H,22,24). The number of nitrogens with zero attached hydrogens (tertiary/aromatic N) is 1. The van der Waals surface area contributed by atoms with Gasteiger partial charge in [-0.15, -0.1) is 0 Å². The van der Waals surface area contributed by atoms with Gasteiger partial charge in [0.25, 0.3) is 5.91 Å². The van der Waals surface area contributed by atoms with Gasteiger partial charge in [-0.25, -0.2) is 0 Å². The number of nitrogens with one attached hydrogen (secondary N) is 2. The fraction of sp³-hybridized carbons (Fsp3) is 0.550. The molecule has 1 aromatic carbocycles. The van der Waals surface area contributed by atoms with Crippen LogP contribution in [0.2, 0.25) is 0 Å². The maximum Gasteiger partial charge on any atom is 0.251 e. The summed E-state index contributed by atoms with van der Waals surface area (Å²) in [5.41, 5.74) is 1.28. The number of amides is 3. The van der Waals surface area contributed by atoms with Crippen LogP contribution < -0.4 is 15.5 Å². The Hall–Kier alpha value is -2.37. The van der Waals surface area contributed by atoms with Crippen molar-refractivity contribution in [3.05, 3.63) is 29.8 Å². The van der Waals surface area contributed by atoms with Gasteiger partial charge in [-0.3, -0.25) is 14.4 Å². The van der Waals surface area contributed by atoms with Crippen molar-refractivity contribution in [2.75, 3.05) is 18.0 Å². The summed E-state index contributed by atoms with van der Waals surface area (Å²) in [4.78, 5) is 37.6. The third-order valence-corrected chi connectivity index (χ3v) is 4.57. The maximum absolute atomic E-state index is 12.2. The number of hydrogen-bond acceptors (Lipinski definition) is 3. The van der Waals surface area contributed by atoms with Crippen molar-refractivity contribution in [3.63, 3.8) is 0 Å². The quantitative estimate of drug-likeness (QED) is 0.665. The van der Waals surface area contributed by atoms with Crippen LogP contribution in [0, 0.1) is 0 Å². The van der Waals surface area contributed by atoms with Crippen LogP contribution in [0.5, 0.6) is 0 Å². The summed E-state index contributed by atoms with van der Waals surface area (Å²) in [6.07, 6.45) is 5.80. The summed E-state index contributed by atoms with van der Waals surface area (Å²) < 4.78 is 0. The van der Waals surface area contributed by atoms with E-state index in [1.165, 1.54) is 0 Å². The molecule has 6 nitrogen and oxygen atoms in total. The number of anilines is 1. The van der Waals surface area contributed by atoms with E-state index in [2.05, 4.69) is 17.6 Å². The van der Waals surface area contributed by atoms with E-state index in [1.54, 1.807) is 29.2 Å². The van der Waals surface area contributed by atoms with Crippen molar-refractivity contribution in [1.82, 2.24) is 10.6 Å². The lowest BCUT2D eigenvalue weighted by atomic mass is 10.1. The van der Waals surface area contributed by atoms with Crippen LogP contribution in [0.1, 0.15) is 62.7 Å². The van der Waals surface area contributed by atoms with Gasteiger partial charge in [0.1, 0.15) is 0 Å². The maximum atomic E-state index is 12.2. The number of rotatable bonds is 9. The van der Waals surface area contributed by atoms with Crippen molar-refractivity contribution < 1.29 is 14.4 Å². The molecule has 0 bridgehead atoms. The van der Waals surface area contributed by atoms with E-state index >= 15 is 0 Å². The second kappa shape index (κ2) is 9.94. The normalized spacial score (nSPS) is 15.0. The first-order valence-electron chi connectivity index (χ1n) is 9.49. The molecule has 3 amide bonds. The Labute approximate surface area is 155 Å². The van der Waals surface area contributed by atoms with E-state index in [0.29, 0.717) is 12.0 Å². The largest absolute Gasteiger partial charge is 0.352 e. The minimum absolute atomic E-state index is 0.0384. The Kier molecular flexibility index (Phi) is 7.63. The molecule has 1 aliphatic heterocycles. The predicted molar refractivity (Wildman–Crippen MR) is 102 cm³/mol. The van der Waals surface area contributed by atoms with Crippen LogP contribution in [0.3, 0.4) is 0 Å². The zero-order valence-electron chi connectivity index (χ0n) is 15.7. The van der Waals surface area contributed by atoms with Gasteiger partial charge in [0.2, 0.25) is 11.8 Å². The summed E-state index contributed by atoms with van der Waals surface area (Å²) in [6, 6.07) is 7.02. The number of hydrogen-bond donors (Lipinski definition) is 2. The van der Waals surface area contributed by atoms with E-state index in [4.69, 9.17) is 0 Å². The van der Waals surface area contributed by atoms with Crippen LogP contribution in [-0.2, 0) is 9.59 Å². The molecule has 1 saturated heterocycles. The topological polar surface area (TPSA) is 78.5 Å². The van der Waals surface area contributed by atoms with E-state index in [9.17, 15) is 14.4 Å². The van der Waals surface area contributed by atoms with Gasteiger partial charge in [0, 0.05) is 30.3 Å². The zero-order chi connectivity index (χ0) is 18.9. The van der Waals surface area contributed by atoms with Gasteiger partial charge in [-0.05, 0) is 44.0 Å². The number of carbonyl (C=O) groups is 3. The fourth-order valence-electron chi connectivity index (χ4n) is 3.08. The third kappa shape index (κ3) is 5.86. The molecule has 0 aliphatic carbocycles. The highest BCUT2D eigenvalue weighted by Crippen LogP contribution is 2.21. The molecule has 1 heterocycles. The van der Waals surface area contributed by atoms with Crippen molar-refractivity contribution in [2.45, 2.75) is 58.4 Å². The number of carbonyl (C=O) groups excluding carboxylic acids is 3. The molecule has 1 aliphatic rings. The molecular formula is C20H29N3O3. The van der Waals surface area contributed by atoms with Gasteiger partial charge in [0.05, 0.1) is 6.54 Å².